The molecule has 2 heteroatoms. The minimum Gasteiger partial charge on any atom is -0.387 e. The zero-order chi connectivity index (χ0) is 5.28. The highest BCUT2D eigenvalue weighted by Gasteiger charge is 2.13. The summed E-state index contributed by atoms with van der Waals surface area (Å²) < 4.78 is 0. The van der Waals surface area contributed by atoms with Crippen molar-refractivity contribution in [3.63, 3.8) is 0 Å². The predicted octanol–water partition coefficient (Wildman–Crippen LogP) is -0.366. The van der Waals surface area contributed by atoms with Gasteiger partial charge in [0.1, 0.15) is 0 Å². The zero-order valence-electron chi connectivity index (χ0n) is 4.04. The highest BCUT2D eigenvalue weighted by Crippen LogP contribution is 2.06. The van der Waals surface area contributed by atoms with Crippen molar-refractivity contribution in [2.24, 2.45) is 5.73 Å². The molecule has 1 aliphatic carbocycles. The van der Waals surface area contributed by atoms with Crippen LogP contribution in [0.25, 0.3) is 0 Å². The standard InChI is InChI=1S/C5H9NO/c6-4-2-1-3-5(4)7/h1,3-5,7H,2,6H2/t4-,5+/m0/s1. The highest BCUT2D eigenvalue weighted by atomic mass is 16.3. The Balaban J connectivity index is 2.45. The Kier molecular flexibility index (Phi) is 1.13. The summed E-state index contributed by atoms with van der Waals surface area (Å²) >= 11 is 0. The van der Waals surface area contributed by atoms with Gasteiger partial charge in [-0.15, -0.1) is 0 Å². The number of nitrogens with two attached hydrogens (primary N) is 1. The summed E-state index contributed by atoms with van der Waals surface area (Å²) in [5, 5.41) is 8.79. The van der Waals surface area contributed by atoms with E-state index in [1.165, 1.54) is 0 Å². The molecule has 0 bridgehead atoms. The van der Waals surface area contributed by atoms with Gasteiger partial charge in [-0.25, -0.2) is 0 Å². The average Bonchev–Trinajstić information content (AvgIpc) is 1.91. The van der Waals surface area contributed by atoms with Crippen LogP contribution >= 0.6 is 0 Å². The first-order valence-corrected chi connectivity index (χ1v) is 2.41. The van der Waals surface area contributed by atoms with E-state index in [0.29, 0.717) is 0 Å². The Bertz CT molecular complexity index is 90.1. The number of aliphatic hydroxyl groups excluding tert-OH is 1. The van der Waals surface area contributed by atoms with Crippen molar-refractivity contribution < 1.29 is 5.11 Å². The quantitative estimate of drug-likeness (QED) is 0.407. The summed E-state index contributed by atoms with van der Waals surface area (Å²) in [6.07, 6.45) is 4.06. The fourth-order valence-electron chi connectivity index (χ4n) is 0.657. The van der Waals surface area contributed by atoms with Crippen LogP contribution in [0.3, 0.4) is 0 Å². The first-order chi connectivity index (χ1) is 3.30. The molecular formula is C5H9NO. The van der Waals surface area contributed by atoms with E-state index in [1.807, 2.05) is 6.08 Å². The molecule has 1 rings (SSSR count). The molecule has 0 unspecified atom stereocenters. The van der Waals surface area contributed by atoms with Gasteiger partial charge in [-0.2, -0.15) is 0 Å². The third-order valence-corrected chi connectivity index (χ3v) is 1.18. The summed E-state index contributed by atoms with van der Waals surface area (Å²) in [6, 6.07) is -0.0417. The number of hydrogen-bond acceptors (Lipinski definition) is 2. The molecule has 0 fully saturated rings. The van der Waals surface area contributed by atoms with Crippen molar-refractivity contribution in [3.8, 4) is 0 Å². The summed E-state index contributed by atoms with van der Waals surface area (Å²) in [7, 11) is 0. The number of aliphatic hydroxyl groups is 1. The molecule has 0 saturated heterocycles. The molecule has 2 nitrogen and oxygen atoms in total. The maximum absolute atomic E-state index is 8.79. The second-order valence-corrected chi connectivity index (χ2v) is 1.82. The van der Waals surface area contributed by atoms with Gasteiger partial charge in [-0.1, -0.05) is 12.2 Å². The Morgan fingerprint density at radius 2 is 2.43 bits per heavy atom. The summed E-state index contributed by atoms with van der Waals surface area (Å²) in [5.74, 6) is 0. The van der Waals surface area contributed by atoms with Gasteiger partial charge in [0.05, 0.1) is 6.10 Å². The first kappa shape index (κ1) is 4.81. The van der Waals surface area contributed by atoms with Crippen molar-refractivity contribution >= 4 is 0 Å². The Morgan fingerprint density at radius 3 is 2.57 bits per heavy atom. The second-order valence-electron chi connectivity index (χ2n) is 1.82. The molecule has 0 aromatic heterocycles. The van der Waals surface area contributed by atoms with Gasteiger partial charge in [0.15, 0.2) is 0 Å². The van der Waals surface area contributed by atoms with E-state index in [2.05, 4.69) is 0 Å². The lowest BCUT2D eigenvalue weighted by atomic mass is 10.2. The average molecular weight is 99.1 g/mol. The van der Waals surface area contributed by atoms with E-state index < -0.39 is 0 Å². The van der Waals surface area contributed by atoms with Crippen LogP contribution in [0.15, 0.2) is 12.2 Å². The molecule has 0 radical (unpaired) electrons. The van der Waals surface area contributed by atoms with E-state index in [0.717, 1.165) is 6.42 Å². The van der Waals surface area contributed by atoms with Crippen LogP contribution in [0.2, 0.25) is 0 Å². The van der Waals surface area contributed by atoms with E-state index >= 15 is 0 Å². The molecule has 0 saturated carbocycles. The third-order valence-electron chi connectivity index (χ3n) is 1.18. The molecule has 2 atom stereocenters. The third kappa shape index (κ3) is 0.813. The largest absolute Gasteiger partial charge is 0.387 e. The molecule has 0 aromatic rings. The van der Waals surface area contributed by atoms with Crippen LogP contribution in [0, 0.1) is 0 Å². The van der Waals surface area contributed by atoms with E-state index in [-0.39, 0.29) is 12.1 Å². The van der Waals surface area contributed by atoms with Gasteiger partial charge in [0, 0.05) is 6.04 Å². The Hall–Kier alpha value is -0.340. The topological polar surface area (TPSA) is 46.2 Å². The number of rotatable bonds is 0. The highest BCUT2D eigenvalue weighted by molar-refractivity contribution is 5.03. The van der Waals surface area contributed by atoms with Crippen LogP contribution in [0.4, 0.5) is 0 Å². The minimum absolute atomic E-state index is 0.0417. The van der Waals surface area contributed by atoms with Crippen LogP contribution in [-0.2, 0) is 0 Å². The van der Waals surface area contributed by atoms with Gasteiger partial charge in [-0.05, 0) is 6.42 Å². The van der Waals surface area contributed by atoms with Crippen LogP contribution < -0.4 is 5.73 Å². The lowest BCUT2D eigenvalue weighted by Gasteiger charge is -2.04. The van der Waals surface area contributed by atoms with Gasteiger partial charge in [0.25, 0.3) is 0 Å². The molecule has 0 heterocycles. The molecule has 0 aliphatic heterocycles. The first-order valence-electron chi connectivity index (χ1n) is 2.41. The van der Waals surface area contributed by atoms with Crippen molar-refractivity contribution in [2.45, 2.75) is 18.6 Å². The van der Waals surface area contributed by atoms with Gasteiger partial charge in [-0.3, -0.25) is 0 Å². The van der Waals surface area contributed by atoms with E-state index in [4.69, 9.17) is 10.8 Å². The minimum atomic E-state index is -0.389. The van der Waals surface area contributed by atoms with Gasteiger partial charge in [0.2, 0.25) is 0 Å². The Labute approximate surface area is 42.6 Å². The van der Waals surface area contributed by atoms with E-state index in [1.54, 1.807) is 6.08 Å². The molecule has 0 spiro atoms. The van der Waals surface area contributed by atoms with Crippen molar-refractivity contribution in [1.29, 1.82) is 0 Å². The van der Waals surface area contributed by atoms with Crippen LogP contribution in [-0.4, -0.2) is 17.3 Å². The lowest BCUT2D eigenvalue weighted by Crippen LogP contribution is -2.28. The SMILES string of the molecule is N[C@H]1CC=C[C@H]1O. The van der Waals surface area contributed by atoms with Crippen LogP contribution in [0.1, 0.15) is 6.42 Å². The van der Waals surface area contributed by atoms with Crippen LogP contribution in [0.5, 0.6) is 0 Å². The molecule has 40 valence electrons. The normalized spacial score (nSPS) is 39.7. The number of hydrogen-bond donors (Lipinski definition) is 2. The van der Waals surface area contributed by atoms with Crippen molar-refractivity contribution in [1.82, 2.24) is 0 Å². The fourth-order valence-corrected chi connectivity index (χ4v) is 0.657. The maximum Gasteiger partial charge on any atom is 0.0874 e. The lowest BCUT2D eigenvalue weighted by molar-refractivity contribution is 0.202. The molecule has 7 heavy (non-hydrogen) atoms. The molecular weight excluding hydrogens is 90.1 g/mol. The molecule has 0 aromatic carbocycles. The zero-order valence-corrected chi connectivity index (χ0v) is 4.04. The second kappa shape index (κ2) is 1.64. The van der Waals surface area contributed by atoms with E-state index in [9.17, 15) is 0 Å². The monoisotopic (exact) mass is 99.1 g/mol. The maximum atomic E-state index is 8.79. The summed E-state index contributed by atoms with van der Waals surface area (Å²) in [4.78, 5) is 0. The fraction of sp³-hybridized carbons (Fsp3) is 0.600. The van der Waals surface area contributed by atoms with Gasteiger partial charge < -0.3 is 10.8 Å². The molecule has 3 N–H and O–H groups in total. The molecule has 1 aliphatic rings. The predicted molar refractivity (Wildman–Crippen MR) is 27.7 cm³/mol. The van der Waals surface area contributed by atoms with Crippen molar-refractivity contribution in [2.75, 3.05) is 0 Å². The summed E-state index contributed by atoms with van der Waals surface area (Å²) in [6.45, 7) is 0. The molecule has 0 amide bonds. The van der Waals surface area contributed by atoms with Gasteiger partial charge >= 0.3 is 0 Å². The Morgan fingerprint density at radius 1 is 1.71 bits per heavy atom. The smallest absolute Gasteiger partial charge is 0.0874 e. The van der Waals surface area contributed by atoms with Crippen molar-refractivity contribution in [3.05, 3.63) is 12.2 Å². The summed E-state index contributed by atoms with van der Waals surface area (Å²) in [5.41, 5.74) is 5.37.